The Balaban J connectivity index is 2.14. The minimum atomic E-state index is -0.890. The number of aliphatic carboxylic acids is 1. The third kappa shape index (κ3) is 3.32. The number of rotatable bonds is 4. The summed E-state index contributed by atoms with van der Waals surface area (Å²) in [6.07, 6.45) is 4.69. The summed E-state index contributed by atoms with van der Waals surface area (Å²) in [5.41, 5.74) is 1.05. The first kappa shape index (κ1) is 15.3. The van der Waals surface area contributed by atoms with Crippen LogP contribution < -0.4 is 0 Å². The van der Waals surface area contributed by atoms with Crippen molar-refractivity contribution in [2.45, 2.75) is 25.8 Å². The fourth-order valence-corrected chi connectivity index (χ4v) is 2.77. The van der Waals surface area contributed by atoms with Crippen molar-refractivity contribution in [1.82, 2.24) is 4.90 Å². The third-order valence-electron chi connectivity index (χ3n) is 4.28. The standard InChI is InChI=1S/C17H21NO3/c1-12(13-8-4-3-5-9-13)18(2)16(19)14-10-6-7-11-15(14)17(20)21/h3-9,12,14-15H,10-11H2,1-2H3,(H,20,21)/t12?,14-,15+/m1/s1. The van der Waals surface area contributed by atoms with Gasteiger partial charge in [0.15, 0.2) is 0 Å². The molecule has 3 atom stereocenters. The molecule has 1 aromatic carbocycles. The van der Waals surface area contributed by atoms with E-state index in [1.807, 2.05) is 49.4 Å². The van der Waals surface area contributed by atoms with Gasteiger partial charge in [-0.1, -0.05) is 42.5 Å². The zero-order valence-electron chi connectivity index (χ0n) is 12.4. The molecule has 21 heavy (non-hydrogen) atoms. The molecule has 0 radical (unpaired) electrons. The van der Waals surface area contributed by atoms with Gasteiger partial charge in [-0.15, -0.1) is 0 Å². The summed E-state index contributed by atoms with van der Waals surface area (Å²) in [5, 5.41) is 9.29. The second-order valence-electron chi connectivity index (χ2n) is 5.53. The molecule has 1 aromatic rings. The van der Waals surface area contributed by atoms with E-state index < -0.39 is 17.8 Å². The molecule has 2 rings (SSSR count). The topological polar surface area (TPSA) is 57.6 Å². The minimum Gasteiger partial charge on any atom is -0.481 e. The predicted molar refractivity (Wildman–Crippen MR) is 80.6 cm³/mol. The van der Waals surface area contributed by atoms with E-state index in [2.05, 4.69) is 0 Å². The average Bonchev–Trinajstić information content (AvgIpc) is 2.53. The molecule has 1 unspecified atom stereocenters. The molecule has 4 heteroatoms. The lowest BCUT2D eigenvalue weighted by atomic mass is 9.82. The summed E-state index contributed by atoms with van der Waals surface area (Å²) in [5.74, 6) is -2.07. The lowest BCUT2D eigenvalue weighted by molar-refractivity contribution is -0.150. The van der Waals surface area contributed by atoms with E-state index >= 15 is 0 Å². The Morgan fingerprint density at radius 2 is 1.71 bits per heavy atom. The van der Waals surface area contributed by atoms with E-state index in [9.17, 15) is 14.7 Å². The minimum absolute atomic E-state index is 0.0703. The number of allylic oxidation sites excluding steroid dienone is 2. The molecular formula is C17H21NO3. The van der Waals surface area contributed by atoms with Gasteiger partial charge in [0.1, 0.15) is 0 Å². The van der Waals surface area contributed by atoms with Crippen LogP contribution in [0.25, 0.3) is 0 Å². The van der Waals surface area contributed by atoms with Crippen LogP contribution in [-0.2, 0) is 9.59 Å². The maximum Gasteiger partial charge on any atom is 0.307 e. The molecule has 0 bridgehead atoms. The number of carboxylic acid groups (broad SMARTS) is 1. The van der Waals surface area contributed by atoms with Crippen molar-refractivity contribution >= 4 is 11.9 Å². The molecular weight excluding hydrogens is 266 g/mol. The quantitative estimate of drug-likeness (QED) is 0.866. The molecule has 0 fully saturated rings. The Morgan fingerprint density at radius 3 is 2.29 bits per heavy atom. The van der Waals surface area contributed by atoms with Crippen molar-refractivity contribution in [2.75, 3.05) is 7.05 Å². The summed E-state index contributed by atoms with van der Waals surface area (Å²) in [6.45, 7) is 1.96. The van der Waals surface area contributed by atoms with Crippen LogP contribution in [0.3, 0.4) is 0 Å². The summed E-state index contributed by atoms with van der Waals surface area (Å²) < 4.78 is 0. The highest BCUT2D eigenvalue weighted by atomic mass is 16.4. The average molecular weight is 287 g/mol. The van der Waals surface area contributed by atoms with Gasteiger partial charge in [0, 0.05) is 7.05 Å². The highest BCUT2D eigenvalue weighted by Gasteiger charge is 2.36. The third-order valence-corrected chi connectivity index (χ3v) is 4.28. The van der Waals surface area contributed by atoms with Crippen LogP contribution in [0.15, 0.2) is 42.5 Å². The molecule has 1 aliphatic carbocycles. The first-order chi connectivity index (χ1) is 10.0. The van der Waals surface area contributed by atoms with Crippen LogP contribution in [0.4, 0.5) is 0 Å². The highest BCUT2D eigenvalue weighted by molar-refractivity contribution is 5.85. The number of hydrogen-bond acceptors (Lipinski definition) is 2. The van der Waals surface area contributed by atoms with Gasteiger partial charge in [-0.2, -0.15) is 0 Å². The molecule has 112 valence electrons. The Kier molecular flexibility index (Phi) is 4.78. The zero-order valence-corrected chi connectivity index (χ0v) is 12.4. The lowest BCUT2D eigenvalue weighted by Crippen LogP contribution is -2.40. The van der Waals surface area contributed by atoms with Gasteiger partial charge in [-0.25, -0.2) is 0 Å². The van der Waals surface area contributed by atoms with Crippen LogP contribution in [0, 0.1) is 11.8 Å². The van der Waals surface area contributed by atoms with Crippen molar-refractivity contribution in [3.05, 3.63) is 48.0 Å². The number of hydrogen-bond donors (Lipinski definition) is 1. The Hall–Kier alpha value is -2.10. The highest BCUT2D eigenvalue weighted by Crippen LogP contribution is 2.30. The molecule has 0 saturated carbocycles. The van der Waals surface area contributed by atoms with Gasteiger partial charge in [-0.05, 0) is 25.3 Å². The van der Waals surface area contributed by atoms with Crippen molar-refractivity contribution in [3.8, 4) is 0 Å². The number of carbonyl (C=O) groups is 2. The summed E-state index contributed by atoms with van der Waals surface area (Å²) in [6, 6.07) is 9.69. The van der Waals surface area contributed by atoms with Gasteiger partial charge in [-0.3, -0.25) is 9.59 Å². The largest absolute Gasteiger partial charge is 0.481 e. The lowest BCUT2D eigenvalue weighted by Gasteiger charge is -2.32. The molecule has 0 aromatic heterocycles. The van der Waals surface area contributed by atoms with Crippen LogP contribution in [0.5, 0.6) is 0 Å². The van der Waals surface area contributed by atoms with Crippen LogP contribution in [0.2, 0.25) is 0 Å². The second-order valence-corrected chi connectivity index (χ2v) is 5.53. The van der Waals surface area contributed by atoms with Crippen molar-refractivity contribution in [3.63, 3.8) is 0 Å². The predicted octanol–water partition coefficient (Wildman–Crippen LogP) is 2.87. The SMILES string of the molecule is CC(c1ccccc1)N(C)C(=O)[C@@H]1CC=CC[C@@H]1C(=O)O. The number of nitrogens with zero attached hydrogens (tertiary/aromatic N) is 1. The van der Waals surface area contributed by atoms with E-state index in [0.717, 1.165) is 5.56 Å². The number of carboxylic acids is 1. The van der Waals surface area contributed by atoms with E-state index in [4.69, 9.17) is 0 Å². The van der Waals surface area contributed by atoms with E-state index in [0.29, 0.717) is 12.8 Å². The van der Waals surface area contributed by atoms with E-state index in [1.165, 1.54) is 0 Å². The normalized spacial score (nSPS) is 22.6. The Labute approximate surface area is 125 Å². The molecule has 4 nitrogen and oxygen atoms in total. The fraction of sp³-hybridized carbons (Fsp3) is 0.412. The maximum absolute atomic E-state index is 12.7. The second kappa shape index (κ2) is 6.57. The monoisotopic (exact) mass is 287 g/mol. The van der Waals surface area contributed by atoms with Crippen molar-refractivity contribution in [2.24, 2.45) is 11.8 Å². The van der Waals surface area contributed by atoms with E-state index in [-0.39, 0.29) is 11.9 Å². The smallest absolute Gasteiger partial charge is 0.307 e. The zero-order chi connectivity index (χ0) is 15.4. The van der Waals surface area contributed by atoms with Gasteiger partial charge < -0.3 is 10.0 Å². The van der Waals surface area contributed by atoms with Gasteiger partial charge >= 0.3 is 5.97 Å². The molecule has 0 saturated heterocycles. The van der Waals surface area contributed by atoms with Gasteiger partial charge in [0.2, 0.25) is 5.91 Å². The molecule has 0 spiro atoms. The van der Waals surface area contributed by atoms with Gasteiger partial charge in [0.05, 0.1) is 17.9 Å². The Bertz CT molecular complexity index is 538. The van der Waals surface area contributed by atoms with Crippen molar-refractivity contribution in [1.29, 1.82) is 0 Å². The summed E-state index contributed by atoms with van der Waals surface area (Å²) in [4.78, 5) is 25.6. The Morgan fingerprint density at radius 1 is 1.14 bits per heavy atom. The molecule has 1 N–H and O–H groups in total. The van der Waals surface area contributed by atoms with Crippen LogP contribution >= 0.6 is 0 Å². The first-order valence-corrected chi connectivity index (χ1v) is 7.21. The first-order valence-electron chi connectivity index (χ1n) is 7.21. The number of benzene rings is 1. The number of amides is 1. The number of carbonyl (C=O) groups excluding carboxylic acids is 1. The van der Waals surface area contributed by atoms with E-state index in [1.54, 1.807) is 11.9 Å². The summed E-state index contributed by atoms with van der Waals surface area (Å²) >= 11 is 0. The van der Waals surface area contributed by atoms with Crippen LogP contribution in [-0.4, -0.2) is 28.9 Å². The summed E-state index contributed by atoms with van der Waals surface area (Å²) in [7, 11) is 1.75. The molecule has 1 aliphatic rings. The molecule has 0 aliphatic heterocycles. The molecule has 1 amide bonds. The van der Waals surface area contributed by atoms with Crippen molar-refractivity contribution < 1.29 is 14.7 Å². The van der Waals surface area contributed by atoms with Crippen LogP contribution in [0.1, 0.15) is 31.4 Å². The fourth-order valence-electron chi connectivity index (χ4n) is 2.77. The van der Waals surface area contributed by atoms with Gasteiger partial charge in [0.25, 0.3) is 0 Å². The molecule has 0 heterocycles. The maximum atomic E-state index is 12.7.